The lowest BCUT2D eigenvalue weighted by Crippen LogP contribution is -2.35. The molecule has 2 atom stereocenters. The molecule has 0 bridgehead atoms. The molecule has 2 aliphatic rings. The first-order chi connectivity index (χ1) is 9.66. The van der Waals surface area contributed by atoms with Crippen LogP contribution in [0.4, 0.5) is 5.69 Å². The van der Waals surface area contributed by atoms with Crippen molar-refractivity contribution in [2.75, 3.05) is 25.0 Å². The van der Waals surface area contributed by atoms with E-state index in [2.05, 4.69) is 15.7 Å². The van der Waals surface area contributed by atoms with Crippen LogP contribution in [-0.2, 0) is 16.1 Å². The maximum Gasteiger partial charge on any atom is 0.231 e. The maximum absolute atomic E-state index is 12.3. The predicted molar refractivity (Wildman–Crippen MR) is 75.4 cm³/mol. The zero-order valence-electron chi connectivity index (χ0n) is 11.9. The van der Waals surface area contributed by atoms with Gasteiger partial charge in [0.05, 0.1) is 29.9 Å². The van der Waals surface area contributed by atoms with Gasteiger partial charge in [0, 0.05) is 19.3 Å². The van der Waals surface area contributed by atoms with Crippen molar-refractivity contribution in [1.29, 1.82) is 0 Å². The van der Waals surface area contributed by atoms with E-state index in [4.69, 9.17) is 4.74 Å². The van der Waals surface area contributed by atoms with Gasteiger partial charge < -0.3 is 15.4 Å². The zero-order chi connectivity index (χ0) is 14.0. The number of anilines is 1. The van der Waals surface area contributed by atoms with Crippen LogP contribution in [0.2, 0.25) is 0 Å². The highest BCUT2D eigenvalue weighted by Crippen LogP contribution is 2.26. The van der Waals surface area contributed by atoms with Crippen LogP contribution in [0, 0.1) is 5.41 Å². The minimum absolute atomic E-state index is 0.0687. The molecule has 2 N–H and O–H groups in total. The van der Waals surface area contributed by atoms with Crippen LogP contribution < -0.4 is 10.6 Å². The van der Waals surface area contributed by atoms with Crippen LogP contribution >= 0.6 is 0 Å². The number of hydrogen-bond donors (Lipinski definition) is 2. The van der Waals surface area contributed by atoms with Gasteiger partial charge in [-0.25, -0.2) is 0 Å². The van der Waals surface area contributed by atoms with Crippen molar-refractivity contribution in [3.05, 3.63) is 12.4 Å². The lowest BCUT2D eigenvalue weighted by molar-refractivity contribution is -0.123. The summed E-state index contributed by atoms with van der Waals surface area (Å²) in [4.78, 5) is 12.3. The molecule has 6 heteroatoms. The van der Waals surface area contributed by atoms with Crippen LogP contribution in [0.25, 0.3) is 0 Å². The van der Waals surface area contributed by atoms with Gasteiger partial charge in [-0.2, -0.15) is 5.10 Å². The number of nitrogens with one attached hydrogen (secondary N) is 2. The molecule has 6 nitrogen and oxygen atoms in total. The lowest BCUT2D eigenvalue weighted by Gasteiger charge is -2.20. The standard InChI is InChI=1S/C14H22N4O2/c1-14(4-5-15-10-14)13(19)17-11-7-16-18(8-11)9-12-3-2-6-20-12/h7-8,12,15H,2-6,9-10H2,1H3,(H,17,19). The molecule has 0 spiro atoms. The fourth-order valence-electron chi connectivity index (χ4n) is 2.82. The van der Waals surface area contributed by atoms with Crippen LogP contribution in [0.5, 0.6) is 0 Å². The van der Waals surface area contributed by atoms with E-state index in [0.29, 0.717) is 0 Å². The van der Waals surface area contributed by atoms with Gasteiger partial charge >= 0.3 is 0 Å². The Morgan fingerprint density at radius 2 is 2.60 bits per heavy atom. The topological polar surface area (TPSA) is 68.2 Å². The Hall–Kier alpha value is -1.40. The summed E-state index contributed by atoms with van der Waals surface area (Å²) in [5, 5.41) is 10.5. The Morgan fingerprint density at radius 3 is 3.30 bits per heavy atom. The second-order valence-corrected chi connectivity index (χ2v) is 6.03. The molecule has 1 aromatic heterocycles. The molecule has 3 rings (SSSR count). The molecule has 3 heterocycles. The van der Waals surface area contributed by atoms with Crippen molar-refractivity contribution in [2.45, 2.75) is 38.8 Å². The van der Waals surface area contributed by atoms with E-state index < -0.39 is 0 Å². The fraction of sp³-hybridized carbons (Fsp3) is 0.714. The van der Waals surface area contributed by atoms with Gasteiger partial charge in [-0.15, -0.1) is 0 Å². The zero-order valence-corrected chi connectivity index (χ0v) is 11.9. The number of rotatable bonds is 4. The van der Waals surface area contributed by atoms with Crippen LogP contribution in [0.3, 0.4) is 0 Å². The van der Waals surface area contributed by atoms with Gasteiger partial charge in [0.1, 0.15) is 0 Å². The van der Waals surface area contributed by atoms with Crippen LogP contribution in [0.15, 0.2) is 12.4 Å². The van der Waals surface area contributed by atoms with E-state index in [-0.39, 0.29) is 17.4 Å². The number of amides is 1. The van der Waals surface area contributed by atoms with E-state index in [9.17, 15) is 4.79 Å². The Kier molecular flexibility index (Phi) is 3.76. The first-order valence-corrected chi connectivity index (χ1v) is 7.32. The van der Waals surface area contributed by atoms with Gasteiger partial charge in [-0.05, 0) is 32.7 Å². The smallest absolute Gasteiger partial charge is 0.231 e. The molecule has 1 aromatic rings. The van der Waals surface area contributed by atoms with Gasteiger partial charge in [0.2, 0.25) is 5.91 Å². The van der Waals surface area contributed by atoms with E-state index in [1.807, 2.05) is 17.8 Å². The summed E-state index contributed by atoms with van der Waals surface area (Å²) in [6, 6.07) is 0. The van der Waals surface area contributed by atoms with E-state index in [1.54, 1.807) is 6.20 Å². The van der Waals surface area contributed by atoms with Gasteiger partial charge in [-0.3, -0.25) is 9.48 Å². The SMILES string of the molecule is CC1(C(=O)Nc2cnn(CC3CCCO3)c2)CCNC1. The molecular formula is C14H22N4O2. The molecule has 20 heavy (non-hydrogen) atoms. The number of nitrogens with zero attached hydrogens (tertiary/aromatic N) is 2. The monoisotopic (exact) mass is 278 g/mol. The Morgan fingerprint density at radius 1 is 1.70 bits per heavy atom. The molecule has 0 radical (unpaired) electrons. The molecule has 110 valence electrons. The normalized spacial score (nSPS) is 29.8. The largest absolute Gasteiger partial charge is 0.376 e. The number of aromatic nitrogens is 2. The average Bonchev–Trinajstić information content (AvgIpc) is 3.13. The highest BCUT2D eigenvalue weighted by Gasteiger charge is 2.36. The van der Waals surface area contributed by atoms with E-state index in [0.717, 1.165) is 51.2 Å². The Labute approximate surface area is 118 Å². The fourth-order valence-corrected chi connectivity index (χ4v) is 2.82. The molecule has 0 saturated carbocycles. The second-order valence-electron chi connectivity index (χ2n) is 6.03. The van der Waals surface area contributed by atoms with Crippen LogP contribution in [0.1, 0.15) is 26.2 Å². The number of ether oxygens (including phenoxy) is 1. The second kappa shape index (κ2) is 5.54. The molecule has 2 fully saturated rings. The van der Waals surface area contributed by atoms with E-state index in [1.165, 1.54) is 0 Å². The summed E-state index contributed by atoms with van der Waals surface area (Å²) in [7, 11) is 0. The summed E-state index contributed by atoms with van der Waals surface area (Å²) in [6.45, 7) is 5.25. The molecule has 0 aliphatic carbocycles. The molecule has 2 aliphatic heterocycles. The summed E-state index contributed by atoms with van der Waals surface area (Å²) in [6.07, 6.45) is 6.94. The molecule has 2 saturated heterocycles. The first kappa shape index (κ1) is 13.6. The quantitative estimate of drug-likeness (QED) is 0.862. The third-order valence-corrected chi connectivity index (χ3v) is 4.22. The summed E-state index contributed by atoms with van der Waals surface area (Å²) >= 11 is 0. The lowest BCUT2D eigenvalue weighted by atomic mass is 9.89. The average molecular weight is 278 g/mol. The summed E-state index contributed by atoms with van der Waals surface area (Å²) in [5.74, 6) is 0.0687. The molecule has 1 amide bonds. The number of hydrogen-bond acceptors (Lipinski definition) is 4. The first-order valence-electron chi connectivity index (χ1n) is 7.32. The Bertz CT molecular complexity index is 473. The molecular weight excluding hydrogens is 256 g/mol. The predicted octanol–water partition coefficient (Wildman–Crippen LogP) is 1.00. The number of carbonyl (C=O) groups excluding carboxylic acids is 1. The Balaban J connectivity index is 1.57. The number of carbonyl (C=O) groups is 1. The van der Waals surface area contributed by atoms with E-state index >= 15 is 0 Å². The van der Waals surface area contributed by atoms with Crippen molar-refractivity contribution in [3.8, 4) is 0 Å². The molecule has 0 aromatic carbocycles. The van der Waals surface area contributed by atoms with Crippen molar-refractivity contribution < 1.29 is 9.53 Å². The van der Waals surface area contributed by atoms with Crippen molar-refractivity contribution in [2.24, 2.45) is 5.41 Å². The highest BCUT2D eigenvalue weighted by molar-refractivity contribution is 5.95. The minimum atomic E-state index is -0.309. The van der Waals surface area contributed by atoms with Gasteiger partial charge in [0.25, 0.3) is 0 Å². The maximum atomic E-state index is 12.3. The third-order valence-electron chi connectivity index (χ3n) is 4.22. The minimum Gasteiger partial charge on any atom is -0.376 e. The molecule has 2 unspecified atom stereocenters. The van der Waals surface area contributed by atoms with Crippen LogP contribution in [-0.4, -0.2) is 41.5 Å². The van der Waals surface area contributed by atoms with Gasteiger partial charge in [-0.1, -0.05) is 0 Å². The van der Waals surface area contributed by atoms with Crippen molar-refractivity contribution >= 4 is 11.6 Å². The van der Waals surface area contributed by atoms with Crippen molar-refractivity contribution in [1.82, 2.24) is 15.1 Å². The highest BCUT2D eigenvalue weighted by atomic mass is 16.5. The third kappa shape index (κ3) is 2.86. The summed E-state index contributed by atoms with van der Waals surface area (Å²) < 4.78 is 7.44. The van der Waals surface area contributed by atoms with Crippen molar-refractivity contribution in [3.63, 3.8) is 0 Å². The summed E-state index contributed by atoms with van der Waals surface area (Å²) in [5.41, 5.74) is 0.456. The van der Waals surface area contributed by atoms with Gasteiger partial charge in [0.15, 0.2) is 0 Å².